The molecule has 0 heterocycles. The Hall–Kier alpha value is -2.68. The number of carbonyl (C=O) groups excluding carboxylic acids is 2. The van der Waals surface area contributed by atoms with Gasteiger partial charge in [-0.05, 0) is 6.07 Å². The number of rotatable bonds is 3. The lowest BCUT2D eigenvalue weighted by Gasteiger charge is -1.97. The summed E-state index contributed by atoms with van der Waals surface area (Å²) in [5, 5.41) is 10.6. The molecule has 1 aromatic carbocycles. The van der Waals surface area contributed by atoms with Crippen LogP contribution in [-0.2, 0) is 4.79 Å². The number of nitro groups is 1. The number of nitro benzene ring substituents is 1. The van der Waals surface area contributed by atoms with Crippen molar-refractivity contribution in [1.29, 1.82) is 0 Å². The van der Waals surface area contributed by atoms with Crippen molar-refractivity contribution in [2.75, 3.05) is 0 Å². The highest BCUT2D eigenvalue weighted by Crippen LogP contribution is 2.16. The van der Waals surface area contributed by atoms with Crippen LogP contribution in [0.3, 0.4) is 0 Å². The summed E-state index contributed by atoms with van der Waals surface area (Å²) in [4.78, 5) is 31.0. The maximum absolute atomic E-state index is 11.0. The van der Waals surface area contributed by atoms with Gasteiger partial charge < -0.3 is 10.5 Å². The van der Waals surface area contributed by atoms with Crippen LogP contribution in [0.25, 0.3) is 0 Å². The minimum atomic E-state index is -0.771. The predicted molar refractivity (Wildman–Crippen MR) is 59.2 cm³/mol. The molecule has 0 aromatic heterocycles. The van der Waals surface area contributed by atoms with Gasteiger partial charge in [0, 0.05) is 23.3 Å². The van der Waals surface area contributed by atoms with E-state index in [1.807, 2.05) is 0 Å². The first kappa shape index (κ1) is 12.4. The smallest absolute Gasteiger partial charge is 0.271 e. The van der Waals surface area contributed by atoms with Crippen LogP contribution < -0.4 is 5.73 Å². The molecule has 0 atom stereocenters. The molecule has 0 spiro atoms. The Morgan fingerprint density at radius 3 is 2.71 bits per heavy atom. The van der Waals surface area contributed by atoms with Crippen molar-refractivity contribution in [1.82, 2.24) is 0 Å². The van der Waals surface area contributed by atoms with Crippen LogP contribution in [0.5, 0.6) is 0 Å². The molecule has 1 rings (SSSR count). The Morgan fingerprint density at radius 1 is 1.47 bits per heavy atom. The highest BCUT2D eigenvalue weighted by molar-refractivity contribution is 5.93. The first-order valence-electron chi connectivity index (χ1n) is 4.56. The maximum atomic E-state index is 11.0. The molecule has 1 aromatic rings. The zero-order chi connectivity index (χ0) is 12.8. The van der Waals surface area contributed by atoms with E-state index < -0.39 is 10.8 Å². The van der Waals surface area contributed by atoms with Crippen LogP contribution in [0.15, 0.2) is 18.2 Å². The van der Waals surface area contributed by atoms with Crippen molar-refractivity contribution < 1.29 is 14.5 Å². The molecule has 0 aliphatic rings. The molecular formula is C11H8N2O4. The molecule has 6 nitrogen and oxygen atoms in total. The van der Waals surface area contributed by atoms with Crippen LogP contribution in [0.1, 0.15) is 22.3 Å². The number of nitrogens with zero attached hydrogens (tertiary/aromatic N) is 1. The van der Waals surface area contributed by atoms with E-state index in [1.165, 1.54) is 12.1 Å². The fourth-order valence-electron chi connectivity index (χ4n) is 1.13. The van der Waals surface area contributed by atoms with E-state index in [-0.39, 0.29) is 23.2 Å². The number of carbonyl (C=O) groups is 2. The van der Waals surface area contributed by atoms with Gasteiger partial charge in [-0.25, -0.2) is 0 Å². The fraction of sp³-hybridized carbons (Fsp3) is 0.0909. The van der Waals surface area contributed by atoms with Crippen molar-refractivity contribution in [3.8, 4) is 11.8 Å². The van der Waals surface area contributed by atoms with Gasteiger partial charge in [-0.15, -0.1) is 0 Å². The molecule has 0 aliphatic carbocycles. The van der Waals surface area contributed by atoms with Crippen LogP contribution >= 0.6 is 0 Å². The highest BCUT2D eigenvalue weighted by atomic mass is 16.6. The van der Waals surface area contributed by atoms with Crippen molar-refractivity contribution in [2.24, 2.45) is 5.73 Å². The van der Waals surface area contributed by atoms with Gasteiger partial charge in [0.15, 0.2) is 0 Å². The number of nitrogens with two attached hydrogens (primary N) is 1. The lowest BCUT2D eigenvalue weighted by Crippen LogP contribution is -2.11. The van der Waals surface area contributed by atoms with E-state index in [0.717, 1.165) is 6.07 Å². The average Bonchev–Trinajstić information content (AvgIpc) is 2.29. The van der Waals surface area contributed by atoms with Gasteiger partial charge in [-0.1, -0.05) is 11.8 Å². The highest BCUT2D eigenvalue weighted by Gasteiger charge is 2.11. The van der Waals surface area contributed by atoms with Gasteiger partial charge in [0.2, 0.25) is 5.91 Å². The SMILES string of the molecule is NC(=O)c1cc(C#CCC=O)cc([N+](=O)[O-])c1. The van der Waals surface area contributed by atoms with Crippen LogP contribution in [-0.4, -0.2) is 17.1 Å². The molecule has 0 aliphatic heterocycles. The number of benzene rings is 1. The summed E-state index contributed by atoms with van der Waals surface area (Å²) in [5.74, 6) is 4.26. The van der Waals surface area contributed by atoms with Gasteiger partial charge in [-0.3, -0.25) is 14.9 Å². The predicted octanol–water partition coefficient (Wildman–Crippen LogP) is 0.634. The number of amides is 1. The Bertz CT molecular complexity index is 508. The molecule has 6 heteroatoms. The Kier molecular flexibility index (Phi) is 3.95. The molecule has 0 saturated heterocycles. The summed E-state index contributed by atoms with van der Waals surface area (Å²) in [6.45, 7) is 0. The van der Waals surface area contributed by atoms with Gasteiger partial charge in [0.05, 0.1) is 11.3 Å². The monoisotopic (exact) mass is 232 g/mol. The maximum Gasteiger partial charge on any atom is 0.271 e. The average molecular weight is 232 g/mol. The van der Waals surface area contributed by atoms with E-state index >= 15 is 0 Å². The summed E-state index contributed by atoms with van der Waals surface area (Å²) in [5.41, 5.74) is 5.06. The van der Waals surface area contributed by atoms with E-state index in [4.69, 9.17) is 5.73 Å². The second-order valence-electron chi connectivity index (χ2n) is 3.06. The van der Waals surface area contributed by atoms with Gasteiger partial charge >= 0.3 is 0 Å². The molecule has 17 heavy (non-hydrogen) atoms. The minimum Gasteiger partial charge on any atom is -0.366 e. The molecule has 0 radical (unpaired) electrons. The van der Waals surface area contributed by atoms with E-state index in [0.29, 0.717) is 6.29 Å². The lowest BCUT2D eigenvalue weighted by molar-refractivity contribution is -0.384. The van der Waals surface area contributed by atoms with Crippen molar-refractivity contribution in [2.45, 2.75) is 6.42 Å². The molecule has 2 N–H and O–H groups in total. The topological polar surface area (TPSA) is 103 Å². The van der Waals surface area contributed by atoms with Gasteiger partial charge in [0.25, 0.3) is 5.69 Å². The summed E-state index contributed by atoms with van der Waals surface area (Å²) < 4.78 is 0. The molecular weight excluding hydrogens is 224 g/mol. The Labute approximate surface area is 96.6 Å². The largest absolute Gasteiger partial charge is 0.366 e. The van der Waals surface area contributed by atoms with Crippen LogP contribution in [0.2, 0.25) is 0 Å². The number of primary amides is 1. The molecule has 0 unspecified atom stereocenters. The second kappa shape index (κ2) is 5.42. The van der Waals surface area contributed by atoms with E-state index in [9.17, 15) is 19.7 Å². The third-order valence-electron chi connectivity index (χ3n) is 1.83. The normalized spacial score (nSPS) is 8.94. The molecule has 1 amide bonds. The third-order valence-corrected chi connectivity index (χ3v) is 1.83. The molecule has 0 saturated carbocycles. The number of hydrogen-bond acceptors (Lipinski definition) is 4. The number of aldehydes is 1. The van der Waals surface area contributed by atoms with Gasteiger partial charge in [-0.2, -0.15) is 0 Å². The number of hydrogen-bond donors (Lipinski definition) is 1. The van der Waals surface area contributed by atoms with Crippen LogP contribution in [0.4, 0.5) is 5.69 Å². The number of non-ortho nitro benzene ring substituents is 1. The quantitative estimate of drug-likeness (QED) is 0.357. The van der Waals surface area contributed by atoms with Gasteiger partial charge in [0.1, 0.15) is 6.29 Å². The molecule has 86 valence electrons. The van der Waals surface area contributed by atoms with Crippen molar-refractivity contribution >= 4 is 17.9 Å². The molecule has 0 fully saturated rings. The van der Waals surface area contributed by atoms with E-state index in [2.05, 4.69) is 11.8 Å². The molecule has 0 bridgehead atoms. The zero-order valence-corrected chi connectivity index (χ0v) is 8.67. The Morgan fingerprint density at radius 2 is 2.18 bits per heavy atom. The standard InChI is InChI=1S/C11H8N2O4/c12-11(15)9-5-8(3-1-2-4-14)6-10(7-9)13(16)17/h4-7H,2H2,(H2,12,15). The van der Waals surface area contributed by atoms with Crippen molar-refractivity contribution in [3.63, 3.8) is 0 Å². The summed E-state index contributed by atoms with van der Waals surface area (Å²) >= 11 is 0. The fourth-order valence-corrected chi connectivity index (χ4v) is 1.13. The summed E-state index contributed by atoms with van der Waals surface area (Å²) in [6.07, 6.45) is 0.633. The Balaban J connectivity index is 3.22. The van der Waals surface area contributed by atoms with Crippen molar-refractivity contribution in [3.05, 3.63) is 39.4 Å². The zero-order valence-electron chi connectivity index (χ0n) is 8.67. The minimum absolute atomic E-state index is 0.00889. The second-order valence-corrected chi connectivity index (χ2v) is 3.06. The first-order chi connectivity index (χ1) is 8.04. The first-order valence-corrected chi connectivity index (χ1v) is 4.56. The third kappa shape index (κ3) is 3.43. The summed E-state index contributed by atoms with van der Waals surface area (Å²) in [6, 6.07) is 3.63. The lowest BCUT2D eigenvalue weighted by atomic mass is 10.1. The van der Waals surface area contributed by atoms with Crippen LogP contribution in [0, 0.1) is 22.0 Å². The van der Waals surface area contributed by atoms with E-state index in [1.54, 1.807) is 0 Å². The summed E-state index contributed by atoms with van der Waals surface area (Å²) in [7, 11) is 0.